The Morgan fingerprint density at radius 2 is 1.32 bits per heavy atom. The van der Waals surface area contributed by atoms with Crippen molar-refractivity contribution < 1.29 is 0 Å². The van der Waals surface area contributed by atoms with Crippen molar-refractivity contribution in [2.24, 2.45) is 0 Å². The molecule has 0 amide bonds. The molecule has 0 bridgehead atoms. The molecule has 6 heteroatoms. The molecular weight excluding hydrogens is 262 g/mol. The second-order valence-corrected chi connectivity index (χ2v) is 5.26. The lowest BCUT2D eigenvalue weighted by molar-refractivity contribution is 0.675. The van der Waals surface area contributed by atoms with Crippen LogP contribution in [0.4, 0.5) is 11.9 Å². The molecule has 0 spiro atoms. The lowest BCUT2D eigenvalue weighted by atomic mass is 10.2. The van der Waals surface area contributed by atoms with Gasteiger partial charge in [0.2, 0.25) is 17.2 Å². The van der Waals surface area contributed by atoms with Crippen molar-refractivity contribution in [3.05, 3.63) is 5.28 Å². The highest BCUT2D eigenvalue weighted by molar-refractivity contribution is 6.28. The highest BCUT2D eigenvalue weighted by Crippen LogP contribution is 2.13. The van der Waals surface area contributed by atoms with Gasteiger partial charge in [0.05, 0.1) is 0 Å². The normalized spacial score (nSPS) is 13.9. The van der Waals surface area contributed by atoms with E-state index in [1.54, 1.807) is 0 Å². The Hall–Kier alpha value is -1.10. The van der Waals surface area contributed by atoms with Crippen molar-refractivity contribution in [1.29, 1.82) is 0 Å². The van der Waals surface area contributed by atoms with Gasteiger partial charge in [0, 0.05) is 12.1 Å². The van der Waals surface area contributed by atoms with E-state index in [1.807, 2.05) is 0 Å². The average molecular weight is 286 g/mol. The summed E-state index contributed by atoms with van der Waals surface area (Å²) in [6.07, 6.45) is 4.37. The summed E-state index contributed by atoms with van der Waals surface area (Å²) in [5.74, 6) is 1.07. The molecule has 0 saturated heterocycles. The van der Waals surface area contributed by atoms with E-state index < -0.39 is 0 Å². The third-order valence-electron chi connectivity index (χ3n) is 2.80. The highest BCUT2D eigenvalue weighted by Gasteiger charge is 2.09. The first-order valence-corrected chi connectivity index (χ1v) is 7.37. The Kier molecular flexibility index (Phi) is 6.84. The molecule has 0 aliphatic rings. The second-order valence-electron chi connectivity index (χ2n) is 4.92. The minimum Gasteiger partial charge on any atom is -0.352 e. The lowest BCUT2D eigenvalue weighted by Crippen LogP contribution is -2.20. The number of rotatable bonds is 8. The predicted molar refractivity (Wildman–Crippen MR) is 80.8 cm³/mol. The summed E-state index contributed by atoms with van der Waals surface area (Å²) in [7, 11) is 0. The monoisotopic (exact) mass is 285 g/mol. The van der Waals surface area contributed by atoms with Gasteiger partial charge in [-0.25, -0.2) is 0 Å². The molecule has 2 atom stereocenters. The maximum Gasteiger partial charge on any atom is 0.229 e. The van der Waals surface area contributed by atoms with Crippen LogP contribution in [0, 0.1) is 0 Å². The van der Waals surface area contributed by atoms with E-state index in [0.29, 0.717) is 24.0 Å². The summed E-state index contributed by atoms with van der Waals surface area (Å²) in [4.78, 5) is 12.6. The van der Waals surface area contributed by atoms with Crippen LogP contribution in [0.2, 0.25) is 5.28 Å². The van der Waals surface area contributed by atoms with Crippen molar-refractivity contribution in [1.82, 2.24) is 15.0 Å². The smallest absolute Gasteiger partial charge is 0.229 e. The molecule has 0 aliphatic carbocycles. The third kappa shape index (κ3) is 6.05. The van der Waals surface area contributed by atoms with Crippen LogP contribution < -0.4 is 10.6 Å². The zero-order valence-electron chi connectivity index (χ0n) is 12.2. The Morgan fingerprint density at radius 1 is 0.895 bits per heavy atom. The number of aromatic nitrogens is 3. The summed E-state index contributed by atoms with van der Waals surface area (Å²) in [6.45, 7) is 8.51. The summed E-state index contributed by atoms with van der Waals surface area (Å²) in [6, 6.07) is 0.647. The van der Waals surface area contributed by atoms with Gasteiger partial charge in [-0.2, -0.15) is 15.0 Å². The molecule has 1 rings (SSSR count). The van der Waals surface area contributed by atoms with Crippen LogP contribution >= 0.6 is 11.6 Å². The first kappa shape index (κ1) is 16.0. The van der Waals surface area contributed by atoms with Crippen molar-refractivity contribution in [3.63, 3.8) is 0 Å². The second kappa shape index (κ2) is 8.15. The number of hydrogen-bond donors (Lipinski definition) is 2. The van der Waals surface area contributed by atoms with Gasteiger partial charge in [-0.3, -0.25) is 0 Å². The molecule has 108 valence electrons. The first-order chi connectivity index (χ1) is 9.05. The van der Waals surface area contributed by atoms with Gasteiger partial charge in [0.25, 0.3) is 0 Å². The van der Waals surface area contributed by atoms with Gasteiger partial charge in [-0.05, 0) is 38.3 Å². The van der Waals surface area contributed by atoms with Gasteiger partial charge >= 0.3 is 0 Å². The van der Waals surface area contributed by atoms with Crippen LogP contribution in [0.3, 0.4) is 0 Å². The highest BCUT2D eigenvalue weighted by atomic mass is 35.5. The fourth-order valence-corrected chi connectivity index (χ4v) is 2.09. The molecule has 2 unspecified atom stereocenters. The Bertz CT molecular complexity index is 353. The van der Waals surface area contributed by atoms with E-state index >= 15 is 0 Å². The van der Waals surface area contributed by atoms with Crippen molar-refractivity contribution in [2.75, 3.05) is 10.6 Å². The summed E-state index contributed by atoms with van der Waals surface area (Å²) in [5.41, 5.74) is 0. The molecule has 2 N–H and O–H groups in total. The molecule has 0 aromatic carbocycles. The molecule has 1 aromatic rings. The van der Waals surface area contributed by atoms with Gasteiger partial charge in [-0.1, -0.05) is 26.7 Å². The number of halogens is 1. The maximum atomic E-state index is 5.93. The van der Waals surface area contributed by atoms with Crippen molar-refractivity contribution in [3.8, 4) is 0 Å². The van der Waals surface area contributed by atoms with Crippen LogP contribution in [-0.2, 0) is 0 Å². The topological polar surface area (TPSA) is 62.7 Å². The van der Waals surface area contributed by atoms with Crippen LogP contribution in [-0.4, -0.2) is 27.0 Å². The zero-order chi connectivity index (χ0) is 14.3. The first-order valence-electron chi connectivity index (χ1n) is 6.99. The average Bonchev–Trinajstić information content (AvgIpc) is 2.28. The molecule has 0 radical (unpaired) electrons. The van der Waals surface area contributed by atoms with Crippen LogP contribution in [0.25, 0.3) is 0 Å². The van der Waals surface area contributed by atoms with E-state index in [-0.39, 0.29) is 5.28 Å². The Labute approximate surface area is 120 Å². The minimum atomic E-state index is 0.215. The summed E-state index contributed by atoms with van der Waals surface area (Å²) in [5, 5.41) is 6.70. The Balaban J connectivity index is 2.70. The SMILES string of the molecule is CCCC(C)Nc1nc(Cl)nc(NC(C)CCC)n1. The quantitative estimate of drug-likeness (QED) is 0.762. The fourth-order valence-electron chi connectivity index (χ4n) is 1.93. The van der Waals surface area contributed by atoms with E-state index in [1.165, 1.54) is 0 Å². The number of anilines is 2. The fraction of sp³-hybridized carbons (Fsp3) is 0.769. The summed E-state index contributed by atoms with van der Waals surface area (Å²) < 4.78 is 0. The van der Waals surface area contributed by atoms with E-state index in [0.717, 1.165) is 25.7 Å². The lowest BCUT2D eigenvalue weighted by Gasteiger charge is -2.15. The standard InChI is InChI=1S/C13H24ClN5/c1-5-7-9(3)15-12-17-11(14)18-13(19-12)16-10(4)8-6-2/h9-10H,5-8H2,1-4H3,(H2,15,16,17,18,19). The number of hydrogen-bond acceptors (Lipinski definition) is 5. The molecular formula is C13H24ClN5. The van der Waals surface area contributed by atoms with Gasteiger partial charge in [0.1, 0.15) is 0 Å². The van der Waals surface area contributed by atoms with Crippen molar-refractivity contribution >= 4 is 23.5 Å². The van der Waals surface area contributed by atoms with Gasteiger partial charge in [0.15, 0.2) is 0 Å². The molecule has 1 aromatic heterocycles. The van der Waals surface area contributed by atoms with E-state index in [2.05, 4.69) is 53.3 Å². The molecule has 19 heavy (non-hydrogen) atoms. The van der Waals surface area contributed by atoms with Crippen LogP contribution in [0.1, 0.15) is 53.4 Å². The van der Waals surface area contributed by atoms with Crippen molar-refractivity contribution in [2.45, 2.75) is 65.5 Å². The molecule has 0 aliphatic heterocycles. The summed E-state index contributed by atoms with van der Waals surface area (Å²) >= 11 is 5.93. The van der Waals surface area contributed by atoms with E-state index in [4.69, 9.17) is 11.6 Å². The minimum absolute atomic E-state index is 0.215. The van der Waals surface area contributed by atoms with Crippen LogP contribution in [0.15, 0.2) is 0 Å². The Morgan fingerprint density at radius 3 is 1.68 bits per heavy atom. The third-order valence-corrected chi connectivity index (χ3v) is 2.97. The molecule has 1 heterocycles. The molecule has 5 nitrogen and oxygen atoms in total. The maximum absolute atomic E-state index is 5.93. The number of nitrogens with zero attached hydrogens (tertiary/aromatic N) is 3. The zero-order valence-corrected chi connectivity index (χ0v) is 13.0. The van der Waals surface area contributed by atoms with E-state index in [9.17, 15) is 0 Å². The largest absolute Gasteiger partial charge is 0.352 e. The number of nitrogens with one attached hydrogen (secondary N) is 2. The van der Waals surface area contributed by atoms with Gasteiger partial charge in [-0.15, -0.1) is 0 Å². The van der Waals surface area contributed by atoms with Crippen LogP contribution in [0.5, 0.6) is 0 Å². The molecule has 0 fully saturated rings. The molecule has 0 saturated carbocycles. The predicted octanol–water partition coefficient (Wildman–Crippen LogP) is 3.73. The van der Waals surface area contributed by atoms with Gasteiger partial charge < -0.3 is 10.6 Å².